The third-order valence-electron chi connectivity index (χ3n) is 3.37. The molecule has 0 spiro atoms. The summed E-state index contributed by atoms with van der Waals surface area (Å²) in [5.41, 5.74) is 0. The summed E-state index contributed by atoms with van der Waals surface area (Å²) >= 11 is 0. The Morgan fingerprint density at radius 3 is 2.33 bits per heavy atom. The van der Waals surface area contributed by atoms with Crippen LogP contribution in [0.1, 0.15) is 19.8 Å². The maximum absolute atomic E-state index is 9.88. The van der Waals surface area contributed by atoms with E-state index in [1.54, 1.807) is 6.92 Å². The molecule has 4 unspecified atom stereocenters. The van der Waals surface area contributed by atoms with E-state index in [2.05, 4.69) is 35.5 Å². The van der Waals surface area contributed by atoms with Gasteiger partial charge in [-0.25, -0.2) is 0 Å². The van der Waals surface area contributed by atoms with Crippen LogP contribution in [0.4, 0.5) is 0 Å². The molecule has 132 valence electrons. The fourth-order valence-electron chi connectivity index (χ4n) is 2.04. The Balaban J connectivity index is 2.54. The van der Waals surface area contributed by atoms with Gasteiger partial charge in [-0.3, -0.25) is 0 Å². The monoisotopic (exact) mass is 338 g/mol. The predicted molar refractivity (Wildman–Crippen MR) is 84.0 cm³/mol. The van der Waals surface area contributed by atoms with E-state index in [4.69, 9.17) is 14.6 Å². The molecule has 1 heterocycles. The lowest BCUT2D eigenvalue weighted by Gasteiger charge is -2.40. The lowest BCUT2D eigenvalue weighted by atomic mass is 9.99. The Labute approximate surface area is 141 Å². The zero-order valence-corrected chi connectivity index (χ0v) is 13.3. The number of aliphatic hydroxyl groups excluding tert-OH is 5. The Kier molecular flexibility index (Phi) is 9.41. The van der Waals surface area contributed by atoms with Crippen LogP contribution in [0, 0.1) is 35.5 Å². The normalized spacial score (nSPS) is 30.0. The van der Waals surface area contributed by atoms with Crippen LogP contribution in [-0.4, -0.2) is 75.6 Å². The van der Waals surface area contributed by atoms with Gasteiger partial charge in [0.1, 0.15) is 24.4 Å². The van der Waals surface area contributed by atoms with Crippen LogP contribution in [-0.2, 0) is 9.47 Å². The van der Waals surface area contributed by atoms with Gasteiger partial charge in [-0.2, -0.15) is 0 Å². The van der Waals surface area contributed by atoms with E-state index < -0.39 is 43.4 Å². The number of rotatable bonds is 6. The number of hydrogen-bond donors (Lipinski definition) is 5. The molecule has 5 N–H and O–H groups in total. The van der Waals surface area contributed by atoms with Crippen molar-refractivity contribution in [1.29, 1.82) is 0 Å². The zero-order chi connectivity index (χ0) is 17.9. The topological polar surface area (TPSA) is 120 Å². The van der Waals surface area contributed by atoms with E-state index in [-0.39, 0.29) is 6.61 Å². The van der Waals surface area contributed by atoms with Crippen LogP contribution in [0.5, 0.6) is 0 Å². The molecule has 1 aliphatic heterocycles. The minimum Gasteiger partial charge on any atom is -0.394 e. The van der Waals surface area contributed by atoms with Crippen LogP contribution < -0.4 is 0 Å². The van der Waals surface area contributed by atoms with E-state index in [1.807, 2.05) is 0 Å². The second kappa shape index (κ2) is 11.0. The average molecular weight is 338 g/mol. The Morgan fingerprint density at radius 1 is 1.00 bits per heavy atom. The van der Waals surface area contributed by atoms with Crippen LogP contribution in [0.3, 0.4) is 0 Å². The second-order valence-electron chi connectivity index (χ2n) is 5.10. The standard InChI is InChI=1S/C17H22O7/c1-2-3-4-5-6-7-8-9-12(10-18)23-17-16(22)15(21)14(20)13(11-19)24-17/h12-22H,8-11H2,1H3/t12?,13?,14-,15?,16?,17-/m1/s1. The molecule has 0 saturated carbocycles. The van der Waals surface area contributed by atoms with Gasteiger partial charge in [0.15, 0.2) is 6.29 Å². The molecule has 1 aliphatic rings. The van der Waals surface area contributed by atoms with Crippen molar-refractivity contribution in [3.63, 3.8) is 0 Å². The molecule has 0 aliphatic carbocycles. The molecular weight excluding hydrogens is 316 g/mol. The number of aliphatic hydroxyl groups is 5. The van der Waals surface area contributed by atoms with Crippen molar-refractivity contribution in [1.82, 2.24) is 0 Å². The molecule has 0 aromatic rings. The van der Waals surface area contributed by atoms with Crippen molar-refractivity contribution in [3.05, 3.63) is 0 Å². The molecular formula is C17H22O7. The van der Waals surface area contributed by atoms with Gasteiger partial charge in [0.05, 0.1) is 19.3 Å². The highest BCUT2D eigenvalue weighted by Crippen LogP contribution is 2.23. The molecule has 0 aromatic carbocycles. The van der Waals surface area contributed by atoms with Crippen LogP contribution in [0.25, 0.3) is 0 Å². The Hall–Kier alpha value is -1.60. The summed E-state index contributed by atoms with van der Waals surface area (Å²) in [7, 11) is 0. The van der Waals surface area contributed by atoms with Gasteiger partial charge in [-0.05, 0) is 37.0 Å². The minimum absolute atomic E-state index is 0.344. The molecule has 6 atom stereocenters. The summed E-state index contributed by atoms with van der Waals surface area (Å²) in [6, 6.07) is 0. The first-order valence-electron chi connectivity index (χ1n) is 7.51. The van der Waals surface area contributed by atoms with Crippen molar-refractivity contribution in [2.75, 3.05) is 13.2 Å². The number of hydrogen-bond acceptors (Lipinski definition) is 7. The second-order valence-corrected chi connectivity index (χ2v) is 5.10. The molecule has 7 heteroatoms. The summed E-state index contributed by atoms with van der Waals surface area (Å²) in [6.07, 6.45) is -6.75. The molecule has 0 aromatic heterocycles. The van der Waals surface area contributed by atoms with E-state index in [0.29, 0.717) is 12.8 Å². The fourth-order valence-corrected chi connectivity index (χ4v) is 2.04. The third-order valence-corrected chi connectivity index (χ3v) is 3.37. The highest BCUT2D eigenvalue weighted by molar-refractivity contribution is 5.35. The van der Waals surface area contributed by atoms with Gasteiger partial charge >= 0.3 is 0 Å². The third kappa shape index (κ3) is 6.13. The Bertz CT molecular complexity index is 555. The molecule has 7 nitrogen and oxygen atoms in total. The molecule has 1 fully saturated rings. The van der Waals surface area contributed by atoms with Crippen molar-refractivity contribution in [2.24, 2.45) is 0 Å². The van der Waals surface area contributed by atoms with Gasteiger partial charge in [0.2, 0.25) is 0 Å². The maximum Gasteiger partial charge on any atom is 0.187 e. The first-order chi connectivity index (χ1) is 11.5. The van der Waals surface area contributed by atoms with Gasteiger partial charge in [0.25, 0.3) is 0 Å². The number of ether oxygens (including phenoxy) is 2. The summed E-state index contributed by atoms with van der Waals surface area (Å²) in [5, 5.41) is 47.7. The first kappa shape index (κ1) is 20.4. The van der Waals surface area contributed by atoms with Gasteiger partial charge in [0, 0.05) is 6.42 Å². The van der Waals surface area contributed by atoms with Gasteiger partial charge < -0.3 is 35.0 Å². The van der Waals surface area contributed by atoms with Gasteiger partial charge in [-0.1, -0.05) is 11.8 Å². The summed E-state index contributed by atoms with van der Waals surface area (Å²) < 4.78 is 10.6. The van der Waals surface area contributed by atoms with E-state index in [0.717, 1.165) is 0 Å². The Morgan fingerprint density at radius 2 is 1.71 bits per heavy atom. The summed E-state index contributed by atoms with van der Waals surface area (Å²) in [5.74, 6) is 15.6. The minimum atomic E-state index is -1.52. The molecule has 0 radical (unpaired) electrons. The zero-order valence-electron chi connectivity index (χ0n) is 13.3. The lowest BCUT2D eigenvalue weighted by molar-refractivity contribution is -0.313. The SMILES string of the molecule is CC#CC#CC#CCCC(CO)O[C@@H]1OC(CO)[C@@H](O)C(O)C1O. The van der Waals surface area contributed by atoms with Crippen LogP contribution in [0.2, 0.25) is 0 Å². The quantitative estimate of drug-likeness (QED) is 0.355. The van der Waals surface area contributed by atoms with Crippen molar-refractivity contribution in [2.45, 2.75) is 56.6 Å². The maximum atomic E-state index is 9.88. The van der Waals surface area contributed by atoms with Crippen LogP contribution in [0.15, 0.2) is 0 Å². The molecule has 0 bridgehead atoms. The van der Waals surface area contributed by atoms with Crippen LogP contribution >= 0.6 is 0 Å². The van der Waals surface area contributed by atoms with Crippen molar-refractivity contribution in [3.8, 4) is 35.5 Å². The van der Waals surface area contributed by atoms with E-state index >= 15 is 0 Å². The molecule has 0 amide bonds. The van der Waals surface area contributed by atoms with Gasteiger partial charge in [-0.15, -0.1) is 0 Å². The highest BCUT2D eigenvalue weighted by Gasteiger charge is 2.44. The van der Waals surface area contributed by atoms with Crippen molar-refractivity contribution >= 4 is 0 Å². The molecule has 1 saturated heterocycles. The van der Waals surface area contributed by atoms with E-state index in [1.165, 1.54) is 0 Å². The highest BCUT2D eigenvalue weighted by atomic mass is 16.7. The fraction of sp³-hybridized carbons (Fsp3) is 0.647. The lowest BCUT2D eigenvalue weighted by Crippen LogP contribution is -2.59. The summed E-state index contributed by atoms with van der Waals surface area (Å²) in [4.78, 5) is 0. The molecule has 1 rings (SSSR count). The van der Waals surface area contributed by atoms with Crippen molar-refractivity contribution < 1.29 is 35.0 Å². The largest absolute Gasteiger partial charge is 0.394 e. The predicted octanol–water partition coefficient (Wildman–Crippen LogP) is -2.03. The molecule has 24 heavy (non-hydrogen) atoms. The average Bonchev–Trinajstić information content (AvgIpc) is 2.59. The summed E-state index contributed by atoms with van der Waals surface area (Å²) in [6.45, 7) is 0.785. The van der Waals surface area contributed by atoms with E-state index in [9.17, 15) is 20.4 Å². The first-order valence-corrected chi connectivity index (χ1v) is 7.51. The smallest absolute Gasteiger partial charge is 0.187 e.